The number of hydrogen-bond acceptors (Lipinski definition) is 4. The summed E-state index contributed by atoms with van der Waals surface area (Å²) in [6, 6.07) is 13.4. The summed E-state index contributed by atoms with van der Waals surface area (Å²) < 4.78 is 27.9. The molecule has 1 N–H and O–H groups in total. The van der Waals surface area contributed by atoms with Gasteiger partial charge < -0.3 is 10.2 Å². The molecule has 0 bridgehead atoms. The first kappa shape index (κ1) is 21.5. The first-order valence-corrected chi connectivity index (χ1v) is 12.1. The van der Waals surface area contributed by atoms with Gasteiger partial charge in [-0.05, 0) is 43.2 Å². The molecule has 31 heavy (non-hydrogen) atoms. The van der Waals surface area contributed by atoms with Crippen molar-refractivity contribution in [1.29, 1.82) is 0 Å². The molecule has 8 heteroatoms. The van der Waals surface area contributed by atoms with Crippen LogP contribution in [0.3, 0.4) is 0 Å². The molecule has 164 valence electrons. The van der Waals surface area contributed by atoms with Crippen molar-refractivity contribution in [2.75, 3.05) is 29.9 Å². The minimum atomic E-state index is -3.66. The van der Waals surface area contributed by atoms with E-state index in [2.05, 4.69) is 5.32 Å². The third-order valence-electron chi connectivity index (χ3n) is 5.89. The standard InChI is InChI=1S/C23H27N3O4S/c1-17-16-26(21-12-5-4-11-20(21)24-22(17)27)23(28)18-9-8-10-19(15-18)31(29,30)25-13-6-2-3-7-14-25/h4-5,8-12,15,17H,2-3,6-7,13-14,16H2,1H3,(H,24,27). The summed E-state index contributed by atoms with van der Waals surface area (Å²) in [5.41, 5.74) is 1.46. The van der Waals surface area contributed by atoms with Crippen molar-refractivity contribution >= 4 is 33.2 Å². The highest BCUT2D eigenvalue weighted by Crippen LogP contribution is 2.31. The molecule has 7 nitrogen and oxygen atoms in total. The Balaban J connectivity index is 1.68. The predicted molar refractivity (Wildman–Crippen MR) is 120 cm³/mol. The molecule has 0 saturated carbocycles. The summed E-state index contributed by atoms with van der Waals surface area (Å²) in [4.78, 5) is 27.5. The zero-order valence-electron chi connectivity index (χ0n) is 17.6. The van der Waals surface area contributed by atoms with Crippen LogP contribution in [0, 0.1) is 5.92 Å². The number of anilines is 2. The number of rotatable bonds is 3. The van der Waals surface area contributed by atoms with E-state index in [1.54, 1.807) is 48.2 Å². The molecular weight excluding hydrogens is 414 g/mol. The van der Waals surface area contributed by atoms with Crippen molar-refractivity contribution < 1.29 is 18.0 Å². The minimum Gasteiger partial charge on any atom is -0.324 e. The lowest BCUT2D eigenvalue weighted by Crippen LogP contribution is -2.36. The van der Waals surface area contributed by atoms with Gasteiger partial charge in [0, 0.05) is 25.2 Å². The fourth-order valence-corrected chi connectivity index (χ4v) is 5.66. The number of nitrogens with zero attached hydrogens (tertiary/aromatic N) is 2. The second-order valence-electron chi connectivity index (χ2n) is 8.17. The largest absolute Gasteiger partial charge is 0.324 e. The first-order valence-electron chi connectivity index (χ1n) is 10.7. The summed E-state index contributed by atoms with van der Waals surface area (Å²) in [6.07, 6.45) is 3.76. The topological polar surface area (TPSA) is 86.8 Å². The van der Waals surface area contributed by atoms with E-state index in [9.17, 15) is 18.0 Å². The predicted octanol–water partition coefficient (Wildman–Crippen LogP) is 3.49. The van der Waals surface area contributed by atoms with Crippen LogP contribution in [0.25, 0.3) is 0 Å². The maximum atomic E-state index is 13.5. The fourth-order valence-electron chi connectivity index (χ4n) is 4.09. The Morgan fingerprint density at radius 1 is 1.00 bits per heavy atom. The number of sulfonamides is 1. The van der Waals surface area contributed by atoms with Crippen molar-refractivity contribution in [2.45, 2.75) is 37.5 Å². The SMILES string of the molecule is CC1CN(C(=O)c2cccc(S(=O)(=O)N3CCCCCC3)c2)c2ccccc2NC1=O. The molecule has 0 aromatic heterocycles. The van der Waals surface area contributed by atoms with Crippen molar-refractivity contribution in [1.82, 2.24) is 4.31 Å². The van der Waals surface area contributed by atoms with E-state index in [1.807, 2.05) is 6.07 Å². The number of hydrogen-bond donors (Lipinski definition) is 1. The van der Waals surface area contributed by atoms with Crippen LogP contribution in [-0.4, -0.2) is 44.2 Å². The highest BCUT2D eigenvalue weighted by molar-refractivity contribution is 7.89. The number of carbonyl (C=O) groups is 2. The molecule has 2 aromatic rings. The Morgan fingerprint density at radius 3 is 2.45 bits per heavy atom. The van der Waals surface area contributed by atoms with E-state index >= 15 is 0 Å². The molecule has 1 fully saturated rings. The second kappa shape index (κ2) is 8.80. The van der Waals surface area contributed by atoms with Crippen LogP contribution >= 0.6 is 0 Å². The maximum absolute atomic E-state index is 13.5. The van der Waals surface area contributed by atoms with E-state index in [0.717, 1.165) is 25.7 Å². The average molecular weight is 442 g/mol. The van der Waals surface area contributed by atoms with Gasteiger partial charge in [-0.15, -0.1) is 0 Å². The van der Waals surface area contributed by atoms with Crippen molar-refractivity contribution in [3.05, 3.63) is 54.1 Å². The molecule has 1 saturated heterocycles. The zero-order valence-corrected chi connectivity index (χ0v) is 18.4. The van der Waals surface area contributed by atoms with Crippen LogP contribution in [-0.2, 0) is 14.8 Å². The van der Waals surface area contributed by atoms with Gasteiger partial charge in [-0.3, -0.25) is 9.59 Å². The van der Waals surface area contributed by atoms with E-state index < -0.39 is 15.9 Å². The van der Waals surface area contributed by atoms with Gasteiger partial charge in [0.05, 0.1) is 22.2 Å². The number of para-hydroxylation sites is 2. The summed E-state index contributed by atoms with van der Waals surface area (Å²) in [5.74, 6) is -0.885. The Kier molecular flexibility index (Phi) is 6.11. The zero-order chi connectivity index (χ0) is 22.0. The normalized spacial score (nSPS) is 20.4. The number of nitrogens with one attached hydrogen (secondary N) is 1. The van der Waals surface area contributed by atoms with Gasteiger partial charge >= 0.3 is 0 Å². The second-order valence-corrected chi connectivity index (χ2v) is 10.1. The molecular formula is C23H27N3O4S. The van der Waals surface area contributed by atoms with Crippen LogP contribution in [0.2, 0.25) is 0 Å². The van der Waals surface area contributed by atoms with Crippen LogP contribution in [0.1, 0.15) is 43.0 Å². The Labute approximate surface area is 183 Å². The van der Waals surface area contributed by atoms with Gasteiger partial charge in [-0.25, -0.2) is 8.42 Å². The molecule has 1 unspecified atom stereocenters. The molecule has 0 spiro atoms. The van der Waals surface area contributed by atoms with E-state index in [-0.39, 0.29) is 28.8 Å². The summed E-state index contributed by atoms with van der Waals surface area (Å²) in [7, 11) is -3.66. The Hall–Kier alpha value is -2.71. The van der Waals surface area contributed by atoms with Gasteiger partial charge in [-0.2, -0.15) is 4.31 Å². The molecule has 2 aliphatic rings. The van der Waals surface area contributed by atoms with Gasteiger partial charge in [0.25, 0.3) is 5.91 Å². The van der Waals surface area contributed by atoms with Crippen LogP contribution in [0.5, 0.6) is 0 Å². The lowest BCUT2D eigenvalue weighted by Gasteiger charge is -2.24. The smallest absolute Gasteiger partial charge is 0.258 e. The molecule has 2 aromatic carbocycles. The number of fused-ring (bicyclic) bond motifs is 1. The molecule has 2 aliphatic heterocycles. The Morgan fingerprint density at radius 2 is 1.71 bits per heavy atom. The van der Waals surface area contributed by atoms with E-state index in [0.29, 0.717) is 24.5 Å². The Bertz CT molecular complexity index is 1090. The summed E-state index contributed by atoms with van der Waals surface area (Å²) in [5, 5.41) is 2.86. The van der Waals surface area contributed by atoms with Crippen LogP contribution in [0.4, 0.5) is 11.4 Å². The van der Waals surface area contributed by atoms with Crippen LogP contribution in [0.15, 0.2) is 53.4 Å². The summed E-state index contributed by atoms with van der Waals surface area (Å²) in [6.45, 7) is 2.99. The number of amides is 2. The van der Waals surface area contributed by atoms with E-state index in [4.69, 9.17) is 0 Å². The van der Waals surface area contributed by atoms with Crippen molar-refractivity contribution in [3.8, 4) is 0 Å². The number of benzene rings is 2. The fraction of sp³-hybridized carbons (Fsp3) is 0.391. The highest BCUT2D eigenvalue weighted by Gasteiger charge is 2.30. The number of carbonyl (C=O) groups excluding carboxylic acids is 2. The molecule has 2 amide bonds. The average Bonchev–Trinajstić information content (AvgIpc) is 3.13. The molecule has 2 heterocycles. The van der Waals surface area contributed by atoms with Gasteiger partial charge in [0.15, 0.2) is 0 Å². The van der Waals surface area contributed by atoms with Crippen molar-refractivity contribution in [3.63, 3.8) is 0 Å². The van der Waals surface area contributed by atoms with Crippen molar-refractivity contribution in [2.24, 2.45) is 5.92 Å². The summed E-state index contributed by atoms with van der Waals surface area (Å²) >= 11 is 0. The molecule has 1 atom stereocenters. The van der Waals surface area contributed by atoms with E-state index in [1.165, 1.54) is 10.4 Å². The quantitative estimate of drug-likeness (QED) is 0.790. The third-order valence-corrected chi connectivity index (χ3v) is 7.78. The lowest BCUT2D eigenvalue weighted by molar-refractivity contribution is -0.119. The van der Waals surface area contributed by atoms with Crippen LogP contribution < -0.4 is 10.2 Å². The monoisotopic (exact) mass is 441 g/mol. The molecule has 0 aliphatic carbocycles. The molecule has 0 radical (unpaired) electrons. The first-order chi connectivity index (χ1) is 14.9. The van der Waals surface area contributed by atoms with Gasteiger partial charge in [-0.1, -0.05) is 38.0 Å². The minimum absolute atomic E-state index is 0.130. The molecule has 4 rings (SSSR count). The van der Waals surface area contributed by atoms with Gasteiger partial charge in [0.1, 0.15) is 0 Å². The van der Waals surface area contributed by atoms with Gasteiger partial charge in [0.2, 0.25) is 15.9 Å². The lowest BCUT2D eigenvalue weighted by atomic mass is 10.1. The highest BCUT2D eigenvalue weighted by atomic mass is 32.2. The maximum Gasteiger partial charge on any atom is 0.258 e. The third kappa shape index (κ3) is 4.36.